The fourth-order valence-corrected chi connectivity index (χ4v) is 3.83. The van der Waals surface area contributed by atoms with Crippen LogP contribution in [-0.4, -0.2) is 49.3 Å². The van der Waals surface area contributed by atoms with E-state index >= 15 is 0 Å². The van der Waals surface area contributed by atoms with Gasteiger partial charge in [-0.3, -0.25) is 4.90 Å². The highest BCUT2D eigenvalue weighted by Crippen LogP contribution is 2.40. The minimum atomic E-state index is 0.232. The molecule has 2 aliphatic rings. The van der Waals surface area contributed by atoms with Crippen molar-refractivity contribution in [3.05, 3.63) is 0 Å². The molecule has 3 heteroatoms. The standard InChI is InChI=1S/C16H32N2O/c1-13-10-15(2,3)11-14(13)17-12-16(4,5)18-6-8-19-9-7-18/h13-14,17H,6-12H2,1-5H3. The number of ether oxygens (including phenoxy) is 1. The van der Waals surface area contributed by atoms with Gasteiger partial charge in [-0.1, -0.05) is 20.8 Å². The molecule has 2 unspecified atom stereocenters. The van der Waals surface area contributed by atoms with Crippen molar-refractivity contribution in [2.24, 2.45) is 11.3 Å². The zero-order valence-electron chi connectivity index (χ0n) is 13.5. The second kappa shape index (κ2) is 5.71. The molecule has 3 nitrogen and oxygen atoms in total. The number of rotatable bonds is 4. The molecular weight excluding hydrogens is 236 g/mol. The van der Waals surface area contributed by atoms with E-state index in [2.05, 4.69) is 44.8 Å². The van der Waals surface area contributed by atoms with E-state index in [1.807, 2.05) is 0 Å². The summed E-state index contributed by atoms with van der Waals surface area (Å²) in [6, 6.07) is 0.690. The largest absolute Gasteiger partial charge is 0.379 e. The van der Waals surface area contributed by atoms with Crippen LogP contribution in [0.5, 0.6) is 0 Å². The highest BCUT2D eigenvalue weighted by atomic mass is 16.5. The van der Waals surface area contributed by atoms with Crippen molar-refractivity contribution in [3.8, 4) is 0 Å². The number of hydrogen-bond donors (Lipinski definition) is 1. The van der Waals surface area contributed by atoms with Crippen molar-refractivity contribution >= 4 is 0 Å². The Hall–Kier alpha value is -0.120. The Morgan fingerprint density at radius 2 is 1.84 bits per heavy atom. The Morgan fingerprint density at radius 3 is 2.37 bits per heavy atom. The van der Waals surface area contributed by atoms with Crippen LogP contribution in [0.2, 0.25) is 0 Å². The molecule has 19 heavy (non-hydrogen) atoms. The smallest absolute Gasteiger partial charge is 0.0594 e. The third-order valence-corrected chi connectivity index (χ3v) is 5.00. The summed E-state index contributed by atoms with van der Waals surface area (Å²) < 4.78 is 5.46. The summed E-state index contributed by atoms with van der Waals surface area (Å²) in [5.41, 5.74) is 0.746. The Labute approximate surface area is 119 Å². The third kappa shape index (κ3) is 3.93. The first kappa shape index (κ1) is 15.3. The first-order valence-electron chi connectivity index (χ1n) is 7.86. The fraction of sp³-hybridized carbons (Fsp3) is 1.00. The maximum atomic E-state index is 5.46. The van der Waals surface area contributed by atoms with Gasteiger partial charge in [0.15, 0.2) is 0 Å². The number of nitrogens with zero attached hydrogens (tertiary/aromatic N) is 1. The molecule has 1 aliphatic carbocycles. The molecule has 0 spiro atoms. The van der Waals surface area contributed by atoms with Gasteiger partial charge in [-0.05, 0) is 38.0 Å². The van der Waals surface area contributed by atoms with Gasteiger partial charge in [0, 0.05) is 31.2 Å². The van der Waals surface area contributed by atoms with E-state index < -0.39 is 0 Å². The Bertz CT molecular complexity index is 295. The third-order valence-electron chi connectivity index (χ3n) is 5.00. The average Bonchev–Trinajstić information content (AvgIpc) is 2.61. The van der Waals surface area contributed by atoms with Crippen molar-refractivity contribution in [2.75, 3.05) is 32.8 Å². The number of hydrogen-bond acceptors (Lipinski definition) is 3. The number of nitrogens with one attached hydrogen (secondary N) is 1. The predicted octanol–water partition coefficient (Wildman–Crippen LogP) is 2.51. The molecule has 1 N–H and O–H groups in total. The van der Waals surface area contributed by atoms with Crippen LogP contribution in [0.1, 0.15) is 47.5 Å². The zero-order chi connectivity index (χ0) is 14.1. The lowest BCUT2D eigenvalue weighted by Gasteiger charge is -2.41. The van der Waals surface area contributed by atoms with Gasteiger partial charge in [0.25, 0.3) is 0 Å². The number of morpholine rings is 1. The van der Waals surface area contributed by atoms with E-state index in [-0.39, 0.29) is 5.54 Å². The molecular formula is C16H32N2O. The van der Waals surface area contributed by atoms with Crippen LogP contribution in [-0.2, 0) is 4.74 Å². The van der Waals surface area contributed by atoms with E-state index in [0.29, 0.717) is 11.5 Å². The highest BCUT2D eigenvalue weighted by molar-refractivity contribution is 4.94. The van der Waals surface area contributed by atoms with Crippen LogP contribution >= 0.6 is 0 Å². The highest BCUT2D eigenvalue weighted by Gasteiger charge is 2.37. The van der Waals surface area contributed by atoms with Crippen molar-refractivity contribution in [3.63, 3.8) is 0 Å². The average molecular weight is 268 g/mol. The van der Waals surface area contributed by atoms with Crippen LogP contribution in [0, 0.1) is 11.3 Å². The van der Waals surface area contributed by atoms with E-state index in [9.17, 15) is 0 Å². The molecule has 1 saturated heterocycles. The van der Waals surface area contributed by atoms with Gasteiger partial charge in [0.05, 0.1) is 13.2 Å². The monoisotopic (exact) mass is 268 g/mol. The molecule has 0 aromatic carbocycles. The normalized spacial score (nSPS) is 32.7. The molecule has 112 valence electrons. The molecule has 2 fully saturated rings. The van der Waals surface area contributed by atoms with E-state index in [1.54, 1.807) is 0 Å². The maximum Gasteiger partial charge on any atom is 0.0594 e. The van der Waals surface area contributed by atoms with Gasteiger partial charge in [0.2, 0.25) is 0 Å². The first-order valence-corrected chi connectivity index (χ1v) is 7.86. The second-order valence-electron chi connectivity index (χ2n) is 7.95. The van der Waals surface area contributed by atoms with Crippen molar-refractivity contribution in [2.45, 2.75) is 59.0 Å². The Kier molecular flexibility index (Phi) is 4.59. The minimum absolute atomic E-state index is 0.232. The van der Waals surface area contributed by atoms with Gasteiger partial charge in [-0.25, -0.2) is 0 Å². The summed E-state index contributed by atoms with van der Waals surface area (Å²) in [5, 5.41) is 3.84. The Morgan fingerprint density at radius 1 is 1.21 bits per heavy atom. The quantitative estimate of drug-likeness (QED) is 0.848. The summed E-state index contributed by atoms with van der Waals surface area (Å²) in [7, 11) is 0. The van der Waals surface area contributed by atoms with Crippen LogP contribution in [0.3, 0.4) is 0 Å². The van der Waals surface area contributed by atoms with E-state index in [1.165, 1.54) is 12.8 Å². The molecule has 0 aromatic rings. The molecule has 2 rings (SSSR count). The molecule has 1 aliphatic heterocycles. The maximum absolute atomic E-state index is 5.46. The van der Waals surface area contributed by atoms with Crippen LogP contribution < -0.4 is 5.32 Å². The van der Waals surface area contributed by atoms with Crippen molar-refractivity contribution in [1.29, 1.82) is 0 Å². The lowest BCUT2D eigenvalue weighted by molar-refractivity contribution is -0.0106. The summed E-state index contributed by atoms with van der Waals surface area (Å²) in [5.74, 6) is 0.801. The van der Waals surface area contributed by atoms with E-state index in [0.717, 1.165) is 38.8 Å². The van der Waals surface area contributed by atoms with Crippen LogP contribution in [0.25, 0.3) is 0 Å². The summed E-state index contributed by atoms with van der Waals surface area (Å²) in [6.07, 6.45) is 2.66. The van der Waals surface area contributed by atoms with Gasteiger partial charge in [0.1, 0.15) is 0 Å². The Balaban J connectivity index is 1.83. The van der Waals surface area contributed by atoms with Crippen molar-refractivity contribution in [1.82, 2.24) is 10.2 Å². The lowest BCUT2D eigenvalue weighted by atomic mass is 9.91. The molecule has 1 heterocycles. The molecule has 0 bridgehead atoms. The molecule has 0 aromatic heterocycles. The topological polar surface area (TPSA) is 24.5 Å². The molecule has 0 amide bonds. The van der Waals surface area contributed by atoms with Crippen LogP contribution in [0.4, 0.5) is 0 Å². The molecule has 1 saturated carbocycles. The summed E-state index contributed by atoms with van der Waals surface area (Å²) in [4.78, 5) is 2.56. The van der Waals surface area contributed by atoms with E-state index in [4.69, 9.17) is 4.74 Å². The van der Waals surface area contributed by atoms with Gasteiger partial charge < -0.3 is 10.1 Å². The SMILES string of the molecule is CC1CC(C)(C)CC1NCC(C)(C)N1CCOCC1. The van der Waals surface area contributed by atoms with Gasteiger partial charge in [-0.2, -0.15) is 0 Å². The lowest BCUT2D eigenvalue weighted by Crippen LogP contribution is -2.56. The minimum Gasteiger partial charge on any atom is -0.379 e. The van der Waals surface area contributed by atoms with Gasteiger partial charge >= 0.3 is 0 Å². The molecule has 0 radical (unpaired) electrons. The van der Waals surface area contributed by atoms with Gasteiger partial charge in [-0.15, -0.1) is 0 Å². The summed E-state index contributed by atoms with van der Waals surface area (Å²) >= 11 is 0. The van der Waals surface area contributed by atoms with Crippen molar-refractivity contribution < 1.29 is 4.74 Å². The zero-order valence-corrected chi connectivity index (χ0v) is 13.5. The molecule has 2 atom stereocenters. The second-order valence-corrected chi connectivity index (χ2v) is 7.95. The summed E-state index contributed by atoms with van der Waals surface area (Å²) in [6.45, 7) is 16.9. The first-order chi connectivity index (χ1) is 8.80. The predicted molar refractivity (Wildman–Crippen MR) is 80.4 cm³/mol. The fourth-order valence-electron chi connectivity index (χ4n) is 3.83. The van der Waals surface area contributed by atoms with Crippen LogP contribution in [0.15, 0.2) is 0 Å².